The molecular weight excluding hydrogens is 455 g/mol. The summed E-state index contributed by atoms with van der Waals surface area (Å²) in [4.78, 5) is 18.7. The summed E-state index contributed by atoms with van der Waals surface area (Å²) in [7, 11) is 1.81. The first-order valence-electron chi connectivity index (χ1n) is 9.03. The molecule has 1 amide bonds. The van der Waals surface area contributed by atoms with Crippen molar-refractivity contribution in [2.24, 2.45) is 4.99 Å². The molecule has 1 aliphatic heterocycles. The Kier molecular flexibility index (Phi) is 8.15. The van der Waals surface area contributed by atoms with Gasteiger partial charge in [-0.3, -0.25) is 9.79 Å². The normalized spacial score (nSPS) is 13.6. The van der Waals surface area contributed by atoms with Crippen molar-refractivity contribution in [3.05, 3.63) is 59.0 Å². The lowest BCUT2D eigenvalue weighted by Crippen LogP contribution is -2.44. The minimum Gasteiger partial charge on any atom is -0.459 e. The number of aliphatic imine (C=N–C) groups is 1. The van der Waals surface area contributed by atoms with Gasteiger partial charge in [-0.1, -0.05) is 24.3 Å². The second kappa shape index (κ2) is 10.3. The number of carbonyl (C=O) groups excluding carboxylic acids is 1. The van der Waals surface area contributed by atoms with Crippen LogP contribution in [0.15, 0.2) is 46.0 Å². The Morgan fingerprint density at radius 3 is 2.63 bits per heavy atom. The summed E-state index contributed by atoms with van der Waals surface area (Å²) < 4.78 is 5.19. The summed E-state index contributed by atoms with van der Waals surface area (Å²) in [6.07, 6.45) is 3.39. The smallest absolute Gasteiger partial charge is 0.287 e. The average molecular weight is 482 g/mol. The monoisotopic (exact) mass is 482 g/mol. The molecule has 2 aromatic rings. The maximum absolute atomic E-state index is 12.0. The topological polar surface area (TPSA) is 69.9 Å². The van der Waals surface area contributed by atoms with E-state index in [-0.39, 0.29) is 29.9 Å². The fraction of sp³-hybridized carbons (Fsp3) is 0.400. The zero-order valence-electron chi connectivity index (χ0n) is 15.8. The van der Waals surface area contributed by atoms with Crippen LogP contribution in [0.4, 0.5) is 0 Å². The van der Waals surface area contributed by atoms with E-state index in [4.69, 9.17) is 4.42 Å². The average Bonchev–Trinajstić information content (AvgIpc) is 3.10. The van der Waals surface area contributed by atoms with Crippen LogP contribution in [0.25, 0.3) is 0 Å². The molecule has 0 bridgehead atoms. The molecule has 0 radical (unpaired) electrons. The van der Waals surface area contributed by atoms with Crippen LogP contribution in [0.1, 0.15) is 33.7 Å². The molecule has 0 fully saturated rings. The summed E-state index contributed by atoms with van der Waals surface area (Å²) in [5.74, 6) is 1.14. The number of hydrogen-bond acceptors (Lipinski definition) is 3. The van der Waals surface area contributed by atoms with Crippen LogP contribution in [0.5, 0.6) is 0 Å². The Morgan fingerprint density at radius 1 is 1.19 bits per heavy atom. The van der Waals surface area contributed by atoms with Crippen LogP contribution >= 0.6 is 24.0 Å². The van der Waals surface area contributed by atoms with Crippen molar-refractivity contribution in [3.8, 4) is 0 Å². The largest absolute Gasteiger partial charge is 0.459 e. The zero-order chi connectivity index (χ0) is 18.4. The summed E-state index contributed by atoms with van der Waals surface area (Å²) in [5, 5.41) is 6.28. The number of amides is 1. The molecule has 27 heavy (non-hydrogen) atoms. The first-order valence-corrected chi connectivity index (χ1v) is 9.03. The molecule has 1 aromatic heterocycles. The number of carbonyl (C=O) groups is 1. The van der Waals surface area contributed by atoms with Crippen LogP contribution in [-0.2, 0) is 13.0 Å². The molecule has 146 valence electrons. The van der Waals surface area contributed by atoms with Crippen LogP contribution in [-0.4, -0.2) is 43.4 Å². The molecule has 6 nitrogen and oxygen atoms in total. The molecule has 3 rings (SSSR count). The highest BCUT2D eigenvalue weighted by atomic mass is 127. The highest BCUT2D eigenvalue weighted by Crippen LogP contribution is 2.18. The van der Waals surface area contributed by atoms with Gasteiger partial charge < -0.3 is 20.0 Å². The van der Waals surface area contributed by atoms with Gasteiger partial charge in [0.05, 0.1) is 6.26 Å². The number of aryl methyl sites for hydroxylation is 1. The molecule has 7 heteroatoms. The van der Waals surface area contributed by atoms with E-state index in [1.807, 2.05) is 14.0 Å². The van der Waals surface area contributed by atoms with E-state index in [1.165, 1.54) is 17.4 Å². The third-order valence-electron chi connectivity index (χ3n) is 4.63. The number of hydrogen-bond donors (Lipinski definition) is 2. The Balaban J connectivity index is 0.00000261. The van der Waals surface area contributed by atoms with Gasteiger partial charge in [-0.2, -0.15) is 0 Å². The number of halogens is 1. The summed E-state index contributed by atoms with van der Waals surface area (Å²) in [6, 6.07) is 10.4. The number of furan rings is 1. The van der Waals surface area contributed by atoms with Crippen molar-refractivity contribution in [2.45, 2.75) is 26.3 Å². The fourth-order valence-electron chi connectivity index (χ4n) is 3.18. The molecule has 1 aliphatic rings. The second-order valence-corrected chi connectivity index (χ2v) is 6.46. The summed E-state index contributed by atoms with van der Waals surface area (Å²) in [5.41, 5.74) is 3.64. The second-order valence-electron chi connectivity index (χ2n) is 6.46. The van der Waals surface area contributed by atoms with Gasteiger partial charge in [0, 0.05) is 38.8 Å². The lowest BCUT2D eigenvalue weighted by molar-refractivity contribution is 0.0925. The minimum atomic E-state index is -0.162. The highest BCUT2D eigenvalue weighted by Gasteiger charge is 2.18. The van der Waals surface area contributed by atoms with Crippen molar-refractivity contribution in [1.29, 1.82) is 0 Å². The van der Waals surface area contributed by atoms with Gasteiger partial charge in [-0.05, 0) is 37.0 Å². The zero-order valence-corrected chi connectivity index (χ0v) is 18.2. The first-order chi connectivity index (χ1) is 12.7. The summed E-state index contributed by atoms with van der Waals surface area (Å²) >= 11 is 0. The van der Waals surface area contributed by atoms with Crippen LogP contribution < -0.4 is 10.6 Å². The number of rotatable bonds is 5. The Labute approximate surface area is 177 Å². The molecule has 0 saturated heterocycles. The SMILES string of the molecule is CN=C(NCCCNC(=O)c1occc1C)N1CCc2ccccc2C1.I. The van der Waals surface area contributed by atoms with E-state index in [9.17, 15) is 4.79 Å². The third kappa shape index (κ3) is 5.47. The van der Waals surface area contributed by atoms with Gasteiger partial charge in [-0.15, -0.1) is 24.0 Å². The Bertz CT molecular complexity index is 788. The Hall–Kier alpha value is -2.03. The van der Waals surface area contributed by atoms with E-state index in [2.05, 4.69) is 44.8 Å². The molecule has 1 aromatic carbocycles. The molecular formula is C20H27IN4O2. The predicted octanol–water partition coefficient (Wildman–Crippen LogP) is 2.96. The van der Waals surface area contributed by atoms with Gasteiger partial charge >= 0.3 is 0 Å². The van der Waals surface area contributed by atoms with E-state index in [0.717, 1.165) is 44.0 Å². The molecule has 0 unspecified atom stereocenters. The van der Waals surface area contributed by atoms with Gasteiger partial charge in [-0.25, -0.2) is 0 Å². The van der Waals surface area contributed by atoms with Crippen molar-refractivity contribution in [1.82, 2.24) is 15.5 Å². The lowest BCUT2D eigenvalue weighted by Gasteiger charge is -2.31. The van der Waals surface area contributed by atoms with Crippen LogP contribution in [0, 0.1) is 6.92 Å². The van der Waals surface area contributed by atoms with Gasteiger partial charge in [0.2, 0.25) is 0 Å². The molecule has 0 spiro atoms. The molecule has 0 atom stereocenters. The number of nitrogens with zero attached hydrogens (tertiary/aromatic N) is 2. The van der Waals surface area contributed by atoms with Crippen molar-refractivity contribution < 1.29 is 9.21 Å². The lowest BCUT2D eigenvalue weighted by atomic mass is 10.0. The minimum absolute atomic E-state index is 0. The van der Waals surface area contributed by atoms with Crippen LogP contribution in [0.2, 0.25) is 0 Å². The van der Waals surface area contributed by atoms with E-state index in [0.29, 0.717) is 12.3 Å². The fourth-order valence-corrected chi connectivity index (χ4v) is 3.18. The number of nitrogens with one attached hydrogen (secondary N) is 2. The molecule has 2 N–H and O–H groups in total. The maximum atomic E-state index is 12.0. The number of fused-ring (bicyclic) bond motifs is 1. The van der Waals surface area contributed by atoms with E-state index >= 15 is 0 Å². The first kappa shape index (κ1) is 21.3. The van der Waals surface area contributed by atoms with E-state index in [1.54, 1.807) is 6.07 Å². The number of benzene rings is 1. The van der Waals surface area contributed by atoms with Crippen molar-refractivity contribution >= 4 is 35.8 Å². The van der Waals surface area contributed by atoms with Gasteiger partial charge in [0.25, 0.3) is 5.91 Å². The van der Waals surface area contributed by atoms with Crippen LogP contribution in [0.3, 0.4) is 0 Å². The van der Waals surface area contributed by atoms with Crippen molar-refractivity contribution in [2.75, 3.05) is 26.7 Å². The summed E-state index contributed by atoms with van der Waals surface area (Å²) in [6.45, 7) is 5.05. The van der Waals surface area contributed by atoms with Gasteiger partial charge in [0.15, 0.2) is 11.7 Å². The molecule has 0 saturated carbocycles. The molecule has 2 heterocycles. The van der Waals surface area contributed by atoms with Gasteiger partial charge in [0.1, 0.15) is 0 Å². The van der Waals surface area contributed by atoms with E-state index < -0.39 is 0 Å². The van der Waals surface area contributed by atoms with Crippen molar-refractivity contribution in [3.63, 3.8) is 0 Å². The maximum Gasteiger partial charge on any atom is 0.287 e. The molecule has 0 aliphatic carbocycles. The Morgan fingerprint density at radius 2 is 1.93 bits per heavy atom. The number of guanidine groups is 1. The quantitative estimate of drug-likeness (QED) is 0.298. The highest BCUT2D eigenvalue weighted by molar-refractivity contribution is 14.0. The third-order valence-corrected chi connectivity index (χ3v) is 4.63. The predicted molar refractivity (Wildman–Crippen MR) is 118 cm³/mol. The standard InChI is InChI=1S/C20H26N4O2.HI/c1-15-9-13-26-18(15)19(25)22-10-5-11-23-20(21-2)24-12-8-16-6-3-4-7-17(16)14-24;/h3-4,6-7,9,13H,5,8,10-12,14H2,1-2H3,(H,21,23)(H,22,25);1H.